The summed E-state index contributed by atoms with van der Waals surface area (Å²) >= 11 is 5.98. The molecule has 0 spiro atoms. The van der Waals surface area contributed by atoms with Gasteiger partial charge < -0.3 is 25.8 Å². The van der Waals surface area contributed by atoms with Crippen LogP contribution in [-0.2, 0) is 24.7 Å². The van der Waals surface area contributed by atoms with E-state index in [9.17, 15) is 32.7 Å². The highest BCUT2D eigenvalue weighted by molar-refractivity contribution is 6.30. The van der Waals surface area contributed by atoms with Crippen LogP contribution in [0.1, 0.15) is 71.3 Å². The molecule has 2 rings (SSSR count). The van der Waals surface area contributed by atoms with Crippen molar-refractivity contribution < 1.29 is 37.4 Å². The third kappa shape index (κ3) is 8.31. The third-order valence-corrected chi connectivity index (χ3v) is 7.01. The number of nitrogens with one attached hydrogen (secondary N) is 1. The number of likely N-dealkylation sites (tertiary alicyclic amines) is 1. The van der Waals surface area contributed by atoms with Crippen LogP contribution in [0.15, 0.2) is 24.3 Å². The highest BCUT2D eigenvalue weighted by Crippen LogP contribution is 2.39. The Hall–Kier alpha value is -2.37. The van der Waals surface area contributed by atoms with Crippen molar-refractivity contribution in [1.82, 2.24) is 10.2 Å². The van der Waals surface area contributed by atoms with Gasteiger partial charge in [0.2, 0.25) is 5.91 Å². The first-order valence-corrected chi connectivity index (χ1v) is 13.2. The van der Waals surface area contributed by atoms with E-state index in [0.29, 0.717) is 29.8 Å². The fraction of sp³-hybridized carbons (Fsp3) is 0.654. The minimum Gasteiger partial charge on any atom is -0.446 e. The van der Waals surface area contributed by atoms with Gasteiger partial charge in [0.1, 0.15) is 6.04 Å². The standard InChI is InChI=1S/C26H37ClF3N3O5/c1-4-5-8-21(38-24(36)26(28,29)30)22(34)32-20(7-6-13-31)23(35)33-16(2)14-25(37,15-17(33)3)18-9-11-19(27)12-10-18/h9-12,16-17,20-21,37H,4-8,13-15,31H2,1-3H3,(H,32,34)/t16-,17?,20+,21?,25?/m0/s1. The summed E-state index contributed by atoms with van der Waals surface area (Å²) in [6.07, 6.45) is -5.20. The van der Waals surface area contributed by atoms with Crippen LogP contribution in [0.3, 0.4) is 0 Å². The smallest absolute Gasteiger partial charge is 0.446 e. The van der Waals surface area contributed by atoms with Gasteiger partial charge in [0.05, 0.1) is 5.60 Å². The van der Waals surface area contributed by atoms with E-state index in [-0.39, 0.29) is 32.2 Å². The molecule has 1 heterocycles. The molecule has 0 aliphatic carbocycles. The first-order valence-electron chi connectivity index (χ1n) is 12.8. The molecular formula is C26H37ClF3N3O5. The molecule has 1 aromatic carbocycles. The first kappa shape index (κ1) is 31.8. The van der Waals surface area contributed by atoms with Crippen molar-refractivity contribution in [2.24, 2.45) is 5.73 Å². The molecule has 0 radical (unpaired) electrons. The monoisotopic (exact) mass is 563 g/mol. The lowest BCUT2D eigenvalue weighted by Gasteiger charge is -2.48. The maximum absolute atomic E-state index is 13.7. The second-order valence-electron chi connectivity index (χ2n) is 9.92. The van der Waals surface area contributed by atoms with Crippen LogP contribution in [0.4, 0.5) is 13.2 Å². The van der Waals surface area contributed by atoms with Gasteiger partial charge in [0.25, 0.3) is 5.91 Å². The van der Waals surface area contributed by atoms with Crippen molar-refractivity contribution in [2.75, 3.05) is 6.54 Å². The summed E-state index contributed by atoms with van der Waals surface area (Å²) in [6, 6.07) is 4.89. The van der Waals surface area contributed by atoms with Crippen LogP contribution in [0.2, 0.25) is 5.02 Å². The van der Waals surface area contributed by atoms with Gasteiger partial charge in [-0.05, 0) is 63.8 Å². The number of carbonyl (C=O) groups excluding carboxylic acids is 3. The molecule has 2 amide bonds. The van der Waals surface area contributed by atoms with Crippen LogP contribution >= 0.6 is 11.6 Å². The molecule has 12 heteroatoms. The van der Waals surface area contributed by atoms with E-state index in [1.807, 2.05) is 0 Å². The molecule has 4 N–H and O–H groups in total. The fourth-order valence-electron chi connectivity index (χ4n) is 4.98. The number of hydrogen-bond acceptors (Lipinski definition) is 6. The summed E-state index contributed by atoms with van der Waals surface area (Å²) in [4.78, 5) is 39.6. The number of nitrogens with zero attached hydrogens (tertiary/aromatic N) is 1. The molecule has 0 saturated carbocycles. The lowest BCUT2D eigenvalue weighted by molar-refractivity contribution is -0.205. The van der Waals surface area contributed by atoms with Gasteiger partial charge in [-0.15, -0.1) is 0 Å². The van der Waals surface area contributed by atoms with Crippen LogP contribution in [-0.4, -0.2) is 64.7 Å². The lowest BCUT2D eigenvalue weighted by Crippen LogP contribution is -2.60. The van der Waals surface area contributed by atoms with Gasteiger partial charge in [0.15, 0.2) is 6.10 Å². The Morgan fingerprint density at radius 3 is 2.24 bits per heavy atom. The summed E-state index contributed by atoms with van der Waals surface area (Å²) in [7, 11) is 0. The average Bonchev–Trinajstić information content (AvgIpc) is 2.83. The van der Waals surface area contributed by atoms with Gasteiger partial charge >= 0.3 is 12.1 Å². The summed E-state index contributed by atoms with van der Waals surface area (Å²) in [5.74, 6) is -3.87. The Balaban J connectivity index is 2.22. The Bertz CT molecular complexity index is 948. The van der Waals surface area contributed by atoms with Crippen molar-refractivity contribution in [3.05, 3.63) is 34.9 Å². The number of nitrogens with two attached hydrogens (primary N) is 1. The van der Waals surface area contributed by atoms with Crippen molar-refractivity contribution in [3.8, 4) is 0 Å². The van der Waals surface area contributed by atoms with E-state index < -0.39 is 53.8 Å². The van der Waals surface area contributed by atoms with Gasteiger partial charge in [-0.25, -0.2) is 4.79 Å². The topological polar surface area (TPSA) is 122 Å². The number of alkyl halides is 3. The largest absolute Gasteiger partial charge is 0.490 e. The number of unbranched alkanes of at least 4 members (excludes halogenated alkanes) is 1. The quantitative estimate of drug-likeness (QED) is 0.352. The number of ether oxygens (including phenoxy) is 1. The van der Waals surface area contributed by atoms with Gasteiger partial charge in [-0.3, -0.25) is 9.59 Å². The maximum atomic E-state index is 13.7. The zero-order valence-corrected chi connectivity index (χ0v) is 22.6. The minimum absolute atomic E-state index is 0.118. The second kappa shape index (κ2) is 13.6. The molecule has 38 heavy (non-hydrogen) atoms. The molecule has 0 aromatic heterocycles. The molecular weight excluding hydrogens is 527 g/mol. The van der Waals surface area contributed by atoms with E-state index in [4.69, 9.17) is 17.3 Å². The Morgan fingerprint density at radius 1 is 1.16 bits per heavy atom. The van der Waals surface area contributed by atoms with Gasteiger partial charge in [0, 0.05) is 29.9 Å². The van der Waals surface area contributed by atoms with Crippen LogP contribution in [0.25, 0.3) is 0 Å². The van der Waals surface area contributed by atoms with E-state index >= 15 is 0 Å². The number of aliphatic hydroxyl groups is 1. The Morgan fingerprint density at radius 2 is 1.74 bits per heavy atom. The summed E-state index contributed by atoms with van der Waals surface area (Å²) in [5, 5.41) is 14.4. The molecule has 0 bridgehead atoms. The highest BCUT2D eigenvalue weighted by atomic mass is 35.5. The number of rotatable bonds is 11. The average molecular weight is 564 g/mol. The molecule has 214 valence electrons. The van der Waals surface area contributed by atoms with Crippen LogP contribution < -0.4 is 11.1 Å². The predicted octanol–water partition coefficient (Wildman–Crippen LogP) is 3.82. The molecule has 5 atom stereocenters. The van der Waals surface area contributed by atoms with Crippen molar-refractivity contribution in [1.29, 1.82) is 0 Å². The molecule has 1 aromatic rings. The van der Waals surface area contributed by atoms with Gasteiger partial charge in [-0.1, -0.05) is 37.1 Å². The van der Waals surface area contributed by atoms with Crippen molar-refractivity contribution in [2.45, 2.75) is 102 Å². The molecule has 1 aliphatic heterocycles. The predicted molar refractivity (Wildman–Crippen MR) is 136 cm³/mol. The SMILES string of the molecule is CCCCC(OC(=O)C(F)(F)F)C(=O)N[C@H](CCCN)C(=O)N1C(C)CC(O)(c2ccc(Cl)cc2)C[C@@H]1C. The van der Waals surface area contributed by atoms with E-state index in [1.54, 1.807) is 49.9 Å². The van der Waals surface area contributed by atoms with Crippen LogP contribution in [0, 0.1) is 0 Å². The van der Waals surface area contributed by atoms with E-state index in [0.717, 1.165) is 0 Å². The zero-order chi connectivity index (χ0) is 28.7. The summed E-state index contributed by atoms with van der Waals surface area (Å²) in [5.41, 5.74) is 5.09. The number of benzene rings is 1. The number of halogens is 4. The van der Waals surface area contributed by atoms with Gasteiger partial charge in [-0.2, -0.15) is 13.2 Å². The van der Waals surface area contributed by atoms with E-state index in [2.05, 4.69) is 10.1 Å². The molecule has 3 unspecified atom stereocenters. The number of hydrogen-bond donors (Lipinski definition) is 3. The number of amides is 2. The zero-order valence-electron chi connectivity index (χ0n) is 21.9. The fourth-order valence-corrected chi connectivity index (χ4v) is 5.10. The second-order valence-corrected chi connectivity index (χ2v) is 10.4. The van der Waals surface area contributed by atoms with E-state index in [1.165, 1.54) is 0 Å². The molecule has 1 fully saturated rings. The molecule has 1 aliphatic rings. The normalized spacial score (nSPS) is 23.4. The number of piperidine rings is 1. The summed E-state index contributed by atoms with van der Waals surface area (Å²) in [6.45, 7) is 5.57. The Kier molecular flexibility index (Phi) is 11.4. The first-order chi connectivity index (χ1) is 17.7. The maximum Gasteiger partial charge on any atom is 0.490 e. The molecule has 8 nitrogen and oxygen atoms in total. The van der Waals surface area contributed by atoms with Crippen LogP contribution in [0.5, 0.6) is 0 Å². The van der Waals surface area contributed by atoms with Crippen molar-refractivity contribution >= 4 is 29.4 Å². The third-order valence-electron chi connectivity index (χ3n) is 6.76. The Labute approximate surface area is 226 Å². The van der Waals surface area contributed by atoms with Crippen molar-refractivity contribution in [3.63, 3.8) is 0 Å². The highest BCUT2D eigenvalue weighted by Gasteiger charge is 2.46. The number of carbonyl (C=O) groups is 3. The summed E-state index contributed by atoms with van der Waals surface area (Å²) < 4.78 is 42.8. The number of esters is 1. The lowest BCUT2D eigenvalue weighted by atomic mass is 9.78. The minimum atomic E-state index is -5.25. The molecule has 1 saturated heterocycles.